The number of amides is 1. The molecule has 5 atom stereocenters. The van der Waals surface area contributed by atoms with E-state index in [0.717, 1.165) is 24.9 Å². The number of carbonyl (C=O) groups is 1. The van der Waals surface area contributed by atoms with Gasteiger partial charge in [0.15, 0.2) is 0 Å². The van der Waals surface area contributed by atoms with Gasteiger partial charge in [0.25, 0.3) is 0 Å². The standard InChI is InChI=1S/C13H19NO2/c1-13-5-4-11(15)14(13)12-9-3-2-8(6-9)10(12)7-16-13/h8-10,12H,2-7H2,1H3/t8-,9+,10+,12-,13-/m0/s1. The van der Waals surface area contributed by atoms with Crippen molar-refractivity contribution >= 4 is 5.91 Å². The smallest absolute Gasteiger partial charge is 0.225 e. The van der Waals surface area contributed by atoms with Crippen LogP contribution in [-0.2, 0) is 9.53 Å². The number of rotatable bonds is 0. The first-order valence-electron chi connectivity index (χ1n) is 6.65. The molecule has 3 heteroatoms. The highest BCUT2D eigenvalue weighted by Crippen LogP contribution is 2.55. The molecule has 0 aromatic heterocycles. The van der Waals surface area contributed by atoms with Crippen LogP contribution in [0.15, 0.2) is 0 Å². The SMILES string of the molecule is C[C@]12CCC(=O)N1[C@H]1[C@@H]3CC[C@@H](C3)[C@H]1CO2. The van der Waals surface area contributed by atoms with Crippen LogP contribution in [0.1, 0.15) is 39.0 Å². The second-order valence-corrected chi connectivity index (χ2v) is 6.24. The van der Waals surface area contributed by atoms with E-state index in [4.69, 9.17) is 4.74 Å². The number of fused-ring (bicyclic) bond motifs is 7. The predicted octanol–water partition coefficient (Wildman–Crippen LogP) is 1.77. The van der Waals surface area contributed by atoms with Crippen LogP contribution >= 0.6 is 0 Å². The molecule has 1 amide bonds. The summed E-state index contributed by atoms with van der Waals surface area (Å²) in [5, 5.41) is 0. The van der Waals surface area contributed by atoms with Crippen LogP contribution in [0.2, 0.25) is 0 Å². The van der Waals surface area contributed by atoms with Gasteiger partial charge in [0, 0.05) is 24.8 Å². The number of hydrogen-bond donors (Lipinski definition) is 0. The lowest BCUT2D eigenvalue weighted by Gasteiger charge is -2.50. The maximum Gasteiger partial charge on any atom is 0.225 e. The van der Waals surface area contributed by atoms with E-state index in [1.165, 1.54) is 19.3 Å². The number of carbonyl (C=O) groups excluding carboxylic acids is 1. The highest BCUT2D eigenvalue weighted by Gasteiger charge is 2.60. The molecule has 4 rings (SSSR count). The summed E-state index contributed by atoms with van der Waals surface area (Å²) in [5.74, 6) is 2.60. The van der Waals surface area contributed by atoms with E-state index in [9.17, 15) is 4.79 Å². The summed E-state index contributed by atoms with van der Waals surface area (Å²) in [6, 6.07) is 0.521. The van der Waals surface area contributed by atoms with Crippen LogP contribution in [0.4, 0.5) is 0 Å². The van der Waals surface area contributed by atoms with Crippen molar-refractivity contribution in [2.24, 2.45) is 17.8 Å². The van der Waals surface area contributed by atoms with Crippen molar-refractivity contribution in [3.63, 3.8) is 0 Å². The molecule has 2 aliphatic carbocycles. The van der Waals surface area contributed by atoms with Crippen molar-refractivity contribution in [3.8, 4) is 0 Å². The van der Waals surface area contributed by atoms with Gasteiger partial charge in [0.05, 0.1) is 6.61 Å². The van der Waals surface area contributed by atoms with Crippen molar-refractivity contribution in [2.45, 2.75) is 50.8 Å². The average molecular weight is 221 g/mol. The predicted molar refractivity (Wildman–Crippen MR) is 58.5 cm³/mol. The fraction of sp³-hybridized carbons (Fsp3) is 0.923. The van der Waals surface area contributed by atoms with Crippen molar-refractivity contribution < 1.29 is 9.53 Å². The third kappa shape index (κ3) is 0.963. The van der Waals surface area contributed by atoms with Crippen LogP contribution in [0.3, 0.4) is 0 Å². The molecule has 2 heterocycles. The van der Waals surface area contributed by atoms with Gasteiger partial charge >= 0.3 is 0 Å². The van der Waals surface area contributed by atoms with Gasteiger partial charge in [-0.2, -0.15) is 0 Å². The zero-order valence-corrected chi connectivity index (χ0v) is 9.82. The molecule has 0 radical (unpaired) electrons. The molecule has 88 valence electrons. The highest BCUT2D eigenvalue weighted by atomic mass is 16.5. The molecule has 2 aliphatic heterocycles. The number of nitrogens with zero attached hydrogens (tertiary/aromatic N) is 1. The molecule has 2 bridgehead atoms. The monoisotopic (exact) mass is 221 g/mol. The van der Waals surface area contributed by atoms with Crippen LogP contribution in [0.25, 0.3) is 0 Å². The summed E-state index contributed by atoms with van der Waals surface area (Å²) < 4.78 is 6.03. The Morgan fingerprint density at radius 2 is 2.19 bits per heavy atom. The Morgan fingerprint density at radius 1 is 1.38 bits per heavy atom. The summed E-state index contributed by atoms with van der Waals surface area (Å²) in [6.07, 6.45) is 5.64. The Kier molecular flexibility index (Phi) is 1.66. The molecule has 4 fully saturated rings. The van der Waals surface area contributed by atoms with Gasteiger partial charge in [0.1, 0.15) is 5.72 Å². The van der Waals surface area contributed by atoms with E-state index in [1.54, 1.807) is 0 Å². The molecule has 0 spiro atoms. The largest absolute Gasteiger partial charge is 0.355 e. The molecule has 0 N–H and O–H groups in total. The van der Waals surface area contributed by atoms with Crippen molar-refractivity contribution in [2.75, 3.05) is 6.61 Å². The lowest BCUT2D eigenvalue weighted by Crippen LogP contribution is -2.60. The quantitative estimate of drug-likeness (QED) is 0.624. The van der Waals surface area contributed by atoms with E-state index < -0.39 is 0 Å². The minimum absolute atomic E-state index is 0.261. The summed E-state index contributed by atoms with van der Waals surface area (Å²) in [6.45, 7) is 3.01. The topological polar surface area (TPSA) is 29.5 Å². The summed E-state index contributed by atoms with van der Waals surface area (Å²) in [7, 11) is 0. The van der Waals surface area contributed by atoms with Gasteiger partial charge in [-0.3, -0.25) is 4.79 Å². The fourth-order valence-electron chi connectivity index (χ4n) is 4.76. The number of ether oxygens (including phenoxy) is 1. The Hall–Kier alpha value is -0.570. The Bertz CT molecular complexity index is 356. The van der Waals surface area contributed by atoms with Crippen LogP contribution in [0, 0.1) is 17.8 Å². The van der Waals surface area contributed by atoms with Gasteiger partial charge in [-0.05, 0) is 38.0 Å². The van der Waals surface area contributed by atoms with E-state index in [0.29, 0.717) is 24.3 Å². The molecule has 4 aliphatic rings. The molecule has 0 unspecified atom stereocenters. The molecule has 0 aromatic carbocycles. The first kappa shape index (κ1) is 9.46. The van der Waals surface area contributed by atoms with Gasteiger partial charge in [-0.15, -0.1) is 0 Å². The molecular formula is C13H19NO2. The molecule has 16 heavy (non-hydrogen) atoms. The van der Waals surface area contributed by atoms with E-state index >= 15 is 0 Å². The molecule has 2 saturated carbocycles. The third-order valence-corrected chi connectivity index (χ3v) is 5.51. The minimum Gasteiger partial charge on any atom is -0.355 e. The molecule has 0 aromatic rings. The maximum absolute atomic E-state index is 12.1. The minimum atomic E-state index is -0.261. The summed E-state index contributed by atoms with van der Waals surface area (Å²) >= 11 is 0. The Labute approximate surface area is 96.1 Å². The van der Waals surface area contributed by atoms with Crippen molar-refractivity contribution in [1.29, 1.82) is 0 Å². The first-order chi connectivity index (χ1) is 7.69. The third-order valence-electron chi connectivity index (χ3n) is 5.51. The van der Waals surface area contributed by atoms with Crippen molar-refractivity contribution in [1.82, 2.24) is 4.90 Å². The average Bonchev–Trinajstić information content (AvgIpc) is 2.92. The Balaban J connectivity index is 1.74. The lowest BCUT2D eigenvalue weighted by molar-refractivity contribution is -0.208. The van der Waals surface area contributed by atoms with Gasteiger partial charge in [-0.25, -0.2) is 0 Å². The number of hydrogen-bond acceptors (Lipinski definition) is 2. The normalized spacial score (nSPS) is 54.3. The van der Waals surface area contributed by atoms with Crippen LogP contribution < -0.4 is 0 Å². The molecule has 2 saturated heterocycles. The van der Waals surface area contributed by atoms with Gasteiger partial charge in [-0.1, -0.05) is 0 Å². The zero-order valence-electron chi connectivity index (χ0n) is 9.82. The maximum atomic E-state index is 12.1. The summed E-state index contributed by atoms with van der Waals surface area (Å²) in [4.78, 5) is 14.2. The van der Waals surface area contributed by atoms with Crippen LogP contribution in [0.5, 0.6) is 0 Å². The first-order valence-corrected chi connectivity index (χ1v) is 6.65. The highest BCUT2D eigenvalue weighted by molar-refractivity contribution is 5.80. The summed E-state index contributed by atoms with van der Waals surface area (Å²) in [5.41, 5.74) is -0.261. The van der Waals surface area contributed by atoms with Crippen molar-refractivity contribution in [3.05, 3.63) is 0 Å². The zero-order chi connectivity index (χ0) is 10.9. The van der Waals surface area contributed by atoms with Crippen LogP contribution in [-0.4, -0.2) is 29.2 Å². The second-order valence-electron chi connectivity index (χ2n) is 6.24. The van der Waals surface area contributed by atoms with Gasteiger partial charge in [0.2, 0.25) is 5.91 Å². The van der Waals surface area contributed by atoms with E-state index in [1.807, 2.05) is 0 Å². The second kappa shape index (κ2) is 2.81. The van der Waals surface area contributed by atoms with E-state index in [2.05, 4.69) is 11.8 Å². The lowest BCUT2D eigenvalue weighted by atomic mass is 9.82. The molecular weight excluding hydrogens is 202 g/mol. The Morgan fingerprint density at radius 3 is 3.06 bits per heavy atom. The van der Waals surface area contributed by atoms with E-state index in [-0.39, 0.29) is 5.72 Å². The van der Waals surface area contributed by atoms with Gasteiger partial charge < -0.3 is 9.64 Å². The fourth-order valence-corrected chi connectivity index (χ4v) is 4.76. The molecule has 3 nitrogen and oxygen atoms in total.